The molecule has 0 aliphatic carbocycles. The lowest BCUT2D eigenvalue weighted by Gasteiger charge is -2.05. The number of methoxy groups -OCH3 is 1. The molecule has 1 aromatic carbocycles. The van der Waals surface area contributed by atoms with Crippen molar-refractivity contribution in [3.05, 3.63) is 36.2 Å². The van der Waals surface area contributed by atoms with Gasteiger partial charge in [-0.3, -0.25) is 14.3 Å². The number of benzene rings is 1. The molecule has 8 nitrogen and oxygen atoms in total. The first kappa shape index (κ1) is 14.4. The number of hydrogen-bond donors (Lipinski definition) is 3. The summed E-state index contributed by atoms with van der Waals surface area (Å²) in [4.78, 5) is 23.0. The van der Waals surface area contributed by atoms with Gasteiger partial charge in [-0.15, -0.1) is 0 Å². The van der Waals surface area contributed by atoms with Crippen LogP contribution in [0.3, 0.4) is 0 Å². The van der Waals surface area contributed by atoms with Crippen LogP contribution in [0.2, 0.25) is 0 Å². The van der Waals surface area contributed by atoms with Crippen molar-refractivity contribution in [3.63, 3.8) is 0 Å². The summed E-state index contributed by atoms with van der Waals surface area (Å²) in [5.74, 6) is -1.97. The molecule has 8 heteroatoms. The summed E-state index contributed by atoms with van der Waals surface area (Å²) in [7, 11) is 1.26. The fraction of sp³-hybridized carbons (Fsp3) is 0.154. The molecule has 110 valence electrons. The van der Waals surface area contributed by atoms with Crippen LogP contribution in [0, 0.1) is 0 Å². The molecule has 0 bridgehead atoms. The lowest BCUT2D eigenvalue weighted by atomic mass is 10.1. The molecule has 0 aliphatic rings. The molecule has 0 saturated heterocycles. The topological polar surface area (TPSA) is 114 Å². The van der Waals surface area contributed by atoms with E-state index >= 15 is 0 Å². The Hall–Kier alpha value is -3.03. The number of hydrogen-bond acceptors (Lipinski definition) is 6. The first-order valence-electron chi connectivity index (χ1n) is 5.93. The van der Waals surface area contributed by atoms with Gasteiger partial charge in [-0.25, -0.2) is 0 Å². The number of phenolic OH excluding ortho intramolecular Hbond substituents is 2. The number of aromatic hydroxyl groups is 2. The predicted octanol–water partition coefficient (Wildman–Crippen LogP) is 0.720. The number of esters is 1. The van der Waals surface area contributed by atoms with Crippen molar-refractivity contribution < 1.29 is 24.5 Å². The van der Waals surface area contributed by atoms with Crippen LogP contribution >= 0.6 is 0 Å². The summed E-state index contributed by atoms with van der Waals surface area (Å²) < 4.78 is 5.79. The molecule has 1 amide bonds. The molecule has 0 spiro atoms. The molecule has 2 rings (SSSR count). The number of nitrogens with one attached hydrogen (secondary N) is 1. The number of anilines is 1. The van der Waals surface area contributed by atoms with Gasteiger partial charge in [-0.05, 0) is 12.1 Å². The Balaban J connectivity index is 2.09. The van der Waals surface area contributed by atoms with Gasteiger partial charge in [0.15, 0.2) is 11.5 Å². The number of nitrogens with zero attached hydrogens (tertiary/aromatic N) is 2. The number of amides is 1. The Labute approximate surface area is 119 Å². The molecule has 0 radical (unpaired) electrons. The highest BCUT2D eigenvalue weighted by Crippen LogP contribution is 2.28. The summed E-state index contributed by atoms with van der Waals surface area (Å²) in [6.07, 6.45) is 2.79. The molecule has 0 fully saturated rings. The summed E-state index contributed by atoms with van der Waals surface area (Å²) in [5, 5.41) is 25.3. The molecular formula is C13H13N3O5. The van der Waals surface area contributed by atoms with Crippen LogP contribution in [0.1, 0.15) is 10.4 Å². The quantitative estimate of drug-likeness (QED) is 0.565. The van der Waals surface area contributed by atoms with E-state index < -0.39 is 17.6 Å². The summed E-state index contributed by atoms with van der Waals surface area (Å²) in [5.41, 5.74) is 0.266. The minimum atomic E-state index is -0.610. The molecule has 1 heterocycles. The zero-order valence-electron chi connectivity index (χ0n) is 11.1. The highest BCUT2D eigenvalue weighted by molar-refractivity contribution is 6.06. The lowest BCUT2D eigenvalue weighted by Crippen LogP contribution is -2.13. The maximum atomic E-state index is 12.0. The van der Waals surface area contributed by atoms with E-state index in [1.54, 1.807) is 0 Å². The summed E-state index contributed by atoms with van der Waals surface area (Å²) in [6, 6.07) is 4.06. The van der Waals surface area contributed by atoms with Crippen molar-refractivity contribution in [2.24, 2.45) is 0 Å². The Morgan fingerprint density at radius 1 is 1.38 bits per heavy atom. The second-order valence-corrected chi connectivity index (χ2v) is 4.13. The van der Waals surface area contributed by atoms with E-state index in [1.165, 1.54) is 42.4 Å². The monoisotopic (exact) mass is 291 g/mol. The van der Waals surface area contributed by atoms with E-state index in [0.29, 0.717) is 5.69 Å². The number of ether oxygens (including phenoxy) is 1. The van der Waals surface area contributed by atoms with Gasteiger partial charge in [0.1, 0.15) is 6.54 Å². The van der Waals surface area contributed by atoms with Crippen molar-refractivity contribution >= 4 is 17.6 Å². The molecular weight excluding hydrogens is 278 g/mol. The van der Waals surface area contributed by atoms with E-state index in [2.05, 4.69) is 15.2 Å². The number of aromatic nitrogens is 2. The fourth-order valence-corrected chi connectivity index (χ4v) is 1.62. The molecule has 0 saturated carbocycles. The molecule has 21 heavy (non-hydrogen) atoms. The van der Waals surface area contributed by atoms with Gasteiger partial charge in [0, 0.05) is 6.20 Å². The summed E-state index contributed by atoms with van der Waals surface area (Å²) >= 11 is 0. The van der Waals surface area contributed by atoms with Crippen LogP contribution in [0.15, 0.2) is 30.6 Å². The maximum Gasteiger partial charge on any atom is 0.327 e. The Morgan fingerprint density at radius 2 is 2.14 bits per heavy atom. The van der Waals surface area contributed by atoms with Crippen LogP contribution in [0.4, 0.5) is 5.69 Å². The first-order valence-corrected chi connectivity index (χ1v) is 5.93. The number of para-hydroxylation sites is 1. The van der Waals surface area contributed by atoms with Crippen LogP contribution in [0.5, 0.6) is 11.5 Å². The molecule has 2 aromatic rings. The third-order valence-corrected chi connectivity index (χ3v) is 2.67. The van der Waals surface area contributed by atoms with Crippen LogP contribution < -0.4 is 5.32 Å². The number of carbonyl (C=O) groups excluding carboxylic acids is 2. The van der Waals surface area contributed by atoms with Crippen LogP contribution in [-0.4, -0.2) is 39.0 Å². The Kier molecular flexibility index (Phi) is 4.07. The fourth-order valence-electron chi connectivity index (χ4n) is 1.62. The Morgan fingerprint density at radius 3 is 2.86 bits per heavy atom. The molecule has 0 unspecified atom stereocenters. The van der Waals surface area contributed by atoms with E-state index in [9.17, 15) is 19.8 Å². The van der Waals surface area contributed by atoms with Gasteiger partial charge >= 0.3 is 5.97 Å². The zero-order valence-corrected chi connectivity index (χ0v) is 11.1. The van der Waals surface area contributed by atoms with E-state index in [1.807, 2.05) is 0 Å². The SMILES string of the molecule is COC(=O)Cn1cc(NC(=O)c2cccc(O)c2O)cn1. The van der Waals surface area contributed by atoms with Crippen molar-refractivity contribution in [1.82, 2.24) is 9.78 Å². The third kappa shape index (κ3) is 3.30. The lowest BCUT2D eigenvalue weighted by molar-refractivity contribution is -0.141. The molecule has 3 N–H and O–H groups in total. The second kappa shape index (κ2) is 5.95. The average molecular weight is 291 g/mol. The zero-order chi connectivity index (χ0) is 15.4. The predicted molar refractivity (Wildman–Crippen MR) is 72.0 cm³/mol. The van der Waals surface area contributed by atoms with Gasteiger partial charge in [-0.2, -0.15) is 5.10 Å². The van der Waals surface area contributed by atoms with Crippen molar-refractivity contribution in [2.75, 3.05) is 12.4 Å². The van der Waals surface area contributed by atoms with E-state index in [0.717, 1.165) is 0 Å². The second-order valence-electron chi connectivity index (χ2n) is 4.13. The molecule has 0 aliphatic heterocycles. The first-order chi connectivity index (χ1) is 10.0. The van der Waals surface area contributed by atoms with E-state index in [4.69, 9.17) is 0 Å². The van der Waals surface area contributed by atoms with Crippen LogP contribution in [0.25, 0.3) is 0 Å². The smallest absolute Gasteiger partial charge is 0.327 e. The standard InChI is InChI=1S/C13H13N3O5/c1-21-11(18)7-16-6-8(5-14-16)15-13(20)9-3-2-4-10(17)12(9)19/h2-6,17,19H,7H2,1H3,(H,15,20). The van der Waals surface area contributed by atoms with Gasteiger partial charge in [-0.1, -0.05) is 6.07 Å². The largest absolute Gasteiger partial charge is 0.504 e. The minimum Gasteiger partial charge on any atom is -0.504 e. The van der Waals surface area contributed by atoms with Gasteiger partial charge in [0.05, 0.1) is 24.6 Å². The number of carbonyl (C=O) groups is 2. The minimum absolute atomic E-state index is 0.0734. The number of rotatable bonds is 4. The van der Waals surface area contributed by atoms with Crippen molar-refractivity contribution in [3.8, 4) is 11.5 Å². The molecule has 1 aromatic heterocycles. The molecule has 0 atom stereocenters. The number of phenols is 2. The van der Waals surface area contributed by atoms with Crippen LogP contribution in [-0.2, 0) is 16.1 Å². The normalized spacial score (nSPS) is 10.1. The third-order valence-electron chi connectivity index (χ3n) is 2.67. The van der Waals surface area contributed by atoms with Crippen molar-refractivity contribution in [1.29, 1.82) is 0 Å². The van der Waals surface area contributed by atoms with Gasteiger partial charge in [0.2, 0.25) is 0 Å². The highest BCUT2D eigenvalue weighted by Gasteiger charge is 2.15. The van der Waals surface area contributed by atoms with Gasteiger partial charge in [0.25, 0.3) is 5.91 Å². The summed E-state index contributed by atoms with van der Waals surface area (Å²) in [6.45, 7) is -0.0796. The highest BCUT2D eigenvalue weighted by atomic mass is 16.5. The Bertz CT molecular complexity index is 680. The van der Waals surface area contributed by atoms with Crippen molar-refractivity contribution in [2.45, 2.75) is 6.54 Å². The van der Waals surface area contributed by atoms with Gasteiger partial charge < -0.3 is 20.3 Å². The van der Waals surface area contributed by atoms with E-state index in [-0.39, 0.29) is 17.9 Å². The average Bonchev–Trinajstić information content (AvgIpc) is 2.88. The maximum absolute atomic E-state index is 12.0.